The molecule has 0 aliphatic carbocycles. The summed E-state index contributed by atoms with van der Waals surface area (Å²) >= 11 is 0. The number of rotatable bonds is 5. The number of aliphatic hydroxyl groups is 1. The van der Waals surface area contributed by atoms with Crippen molar-refractivity contribution in [2.45, 2.75) is 39.0 Å². The zero-order chi connectivity index (χ0) is 16.3. The van der Waals surface area contributed by atoms with E-state index in [0.29, 0.717) is 6.54 Å². The zero-order valence-electron chi connectivity index (χ0n) is 13.0. The Morgan fingerprint density at radius 1 is 1.32 bits per heavy atom. The Kier molecular flexibility index (Phi) is 4.93. The molecule has 1 aromatic heterocycles. The number of nitrogens with zero attached hydrogens (tertiary/aromatic N) is 2. The molecule has 1 aromatic carbocycles. The highest BCUT2D eigenvalue weighted by Crippen LogP contribution is 2.18. The van der Waals surface area contributed by atoms with Gasteiger partial charge in [-0.1, -0.05) is 6.07 Å². The summed E-state index contributed by atoms with van der Waals surface area (Å²) in [5.74, 6) is -1.40. The van der Waals surface area contributed by atoms with Crippen LogP contribution in [-0.2, 0) is 12.1 Å². The SMILES string of the molecule is CC(C)(C)n1cc(CNCC(O)c2ccc(F)cc2F)cn1. The third-order valence-corrected chi connectivity index (χ3v) is 3.31. The van der Waals surface area contributed by atoms with Gasteiger partial charge in [-0.2, -0.15) is 5.10 Å². The highest BCUT2D eigenvalue weighted by atomic mass is 19.1. The highest BCUT2D eigenvalue weighted by Gasteiger charge is 2.15. The Bertz CT molecular complexity index is 635. The number of aromatic nitrogens is 2. The first-order chi connectivity index (χ1) is 10.3. The van der Waals surface area contributed by atoms with E-state index in [2.05, 4.69) is 31.2 Å². The van der Waals surface area contributed by atoms with Crippen LogP contribution in [0.4, 0.5) is 8.78 Å². The molecule has 0 spiro atoms. The smallest absolute Gasteiger partial charge is 0.131 e. The van der Waals surface area contributed by atoms with Crippen molar-refractivity contribution < 1.29 is 13.9 Å². The molecule has 22 heavy (non-hydrogen) atoms. The molecule has 0 fully saturated rings. The van der Waals surface area contributed by atoms with Crippen molar-refractivity contribution in [2.24, 2.45) is 0 Å². The molecule has 0 saturated carbocycles. The molecule has 0 aliphatic rings. The third kappa shape index (κ3) is 4.11. The average molecular weight is 309 g/mol. The van der Waals surface area contributed by atoms with Crippen molar-refractivity contribution in [2.75, 3.05) is 6.54 Å². The van der Waals surface area contributed by atoms with Crippen LogP contribution in [-0.4, -0.2) is 21.4 Å². The lowest BCUT2D eigenvalue weighted by molar-refractivity contribution is 0.169. The molecule has 6 heteroatoms. The van der Waals surface area contributed by atoms with E-state index in [1.165, 1.54) is 6.07 Å². The van der Waals surface area contributed by atoms with Gasteiger partial charge in [-0.15, -0.1) is 0 Å². The maximum atomic E-state index is 13.5. The second-order valence-electron chi connectivity index (χ2n) is 6.28. The lowest BCUT2D eigenvalue weighted by atomic mass is 10.1. The van der Waals surface area contributed by atoms with E-state index in [1.54, 1.807) is 6.20 Å². The fourth-order valence-electron chi connectivity index (χ4n) is 2.05. The summed E-state index contributed by atoms with van der Waals surface area (Å²) in [6, 6.07) is 3.16. The second kappa shape index (κ2) is 6.54. The minimum atomic E-state index is -1.03. The lowest BCUT2D eigenvalue weighted by Crippen LogP contribution is -2.23. The van der Waals surface area contributed by atoms with Gasteiger partial charge in [0.1, 0.15) is 11.6 Å². The van der Waals surface area contributed by atoms with Crippen LogP contribution in [0.15, 0.2) is 30.6 Å². The van der Waals surface area contributed by atoms with E-state index >= 15 is 0 Å². The second-order valence-corrected chi connectivity index (χ2v) is 6.28. The van der Waals surface area contributed by atoms with Crippen molar-refractivity contribution >= 4 is 0 Å². The maximum Gasteiger partial charge on any atom is 0.131 e. The molecule has 2 aromatic rings. The largest absolute Gasteiger partial charge is 0.387 e. The van der Waals surface area contributed by atoms with Gasteiger partial charge in [0.2, 0.25) is 0 Å². The van der Waals surface area contributed by atoms with Gasteiger partial charge in [0.25, 0.3) is 0 Å². The first-order valence-corrected chi connectivity index (χ1v) is 7.15. The van der Waals surface area contributed by atoms with Crippen molar-refractivity contribution in [3.63, 3.8) is 0 Å². The number of hydrogen-bond acceptors (Lipinski definition) is 3. The van der Waals surface area contributed by atoms with E-state index < -0.39 is 17.7 Å². The molecule has 1 heterocycles. The minimum Gasteiger partial charge on any atom is -0.387 e. The monoisotopic (exact) mass is 309 g/mol. The predicted molar refractivity (Wildman–Crippen MR) is 80.2 cm³/mol. The third-order valence-electron chi connectivity index (χ3n) is 3.31. The van der Waals surface area contributed by atoms with E-state index in [-0.39, 0.29) is 17.6 Å². The molecule has 0 radical (unpaired) electrons. The van der Waals surface area contributed by atoms with Crippen LogP contribution >= 0.6 is 0 Å². The molecule has 4 nitrogen and oxygen atoms in total. The number of hydrogen-bond donors (Lipinski definition) is 2. The van der Waals surface area contributed by atoms with Gasteiger partial charge in [-0.05, 0) is 26.8 Å². The van der Waals surface area contributed by atoms with Gasteiger partial charge in [0.05, 0.1) is 17.8 Å². The van der Waals surface area contributed by atoms with Gasteiger partial charge in [-0.3, -0.25) is 4.68 Å². The van der Waals surface area contributed by atoms with Gasteiger partial charge in [0.15, 0.2) is 0 Å². The predicted octanol–water partition coefficient (Wildman–Crippen LogP) is 2.74. The fraction of sp³-hybridized carbons (Fsp3) is 0.438. The topological polar surface area (TPSA) is 50.1 Å². The molecule has 2 N–H and O–H groups in total. The van der Waals surface area contributed by atoms with Crippen LogP contribution in [0.3, 0.4) is 0 Å². The molecule has 0 amide bonds. The average Bonchev–Trinajstić information content (AvgIpc) is 2.87. The Balaban J connectivity index is 1.89. The summed E-state index contributed by atoms with van der Waals surface area (Å²) in [5, 5.41) is 17.3. The van der Waals surface area contributed by atoms with Gasteiger partial charge < -0.3 is 10.4 Å². The molecule has 0 aliphatic heterocycles. The fourth-order valence-corrected chi connectivity index (χ4v) is 2.05. The van der Waals surface area contributed by atoms with Gasteiger partial charge in [0, 0.05) is 36.5 Å². The summed E-state index contributed by atoms with van der Waals surface area (Å²) in [5.41, 5.74) is 0.968. The van der Waals surface area contributed by atoms with Crippen LogP contribution in [0, 0.1) is 11.6 Å². The number of aliphatic hydroxyl groups excluding tert-OH is 1. The van der Waals surface area contributed by atoms with Crippen LogP contribution < -0.4 is 5.32 Å². The van der Waals surface area contributed by atoms with Gasteiger partial charge in [-0.25, -0.2) is 8.78 Å². The minimum absolute atomic E-state index is 0.0827. The van der Waals surface area contributed by atoms with E-state index in [1.807, 2.05) is 10.9 Å². The summed E-state index contributed by atoms with van der Waals surface area (Å²) in [6.07, 6.45) is 2.65. The molecule has 0 saturated heterocycles. The molecule has 2 rings (SSSR count). The van der Waals surface area contributed by atoms with Crippen LogP contribution in [0.25, 0.3) is 0 Å². The quantitative estimate of drug-likeness (QED) is 0.893. The van der Waals surface area contributed by atoms with Crippen LogP contribution in [0.1, 0.15) is 38.0 Å². The molecule has 1 unspecified atom stereocenters. The Hall–Kier alpha value is -1.79. The maximum absolute atomic E-state index is 13.5. The van der Waals surface area contributed by atoms with Crippen molar-refractivity contribution in [1.82, 2.24) is 15.1 Å². The van der Waals surface area contributed by atoms with Crippen molar-refractivity contribution in [3.8, 4) is 0 Å². The Morgan fingerprint density at radius 3 is 2.64 bits per heavy atom. The summed E-state index contributed by atoms with van der Waals surface area (Å²) < 4.78 is 28.2. The van der Waals surface area contributed by atoms with Crippen molar-refractivity contribution in [3.05, 3.63) is 53.4 Å². The normalized spacial score (nSPS) is 13.4. The van der Waals surface area contributed by atoms with Gasteiger partial charge >= 0.3 is 0 Å². The Morgan fingerprint density at radius 2 is 2.05 bits per heavy atom. The van der Waals surface area contributed by atoms with E-state index in [4.69, 9.17) is 0 Å². The standard InChI is InChI=1S/C16H21F2N3O/c1-16(2,3)21-10-11(8-20-21)7-19-9-15(22)13-5-4-12(17)6-14(13)18/h4-6,8,10,15,19,22H,7,9H2,1-3H3. The molecular formula is C16H21F2N3O. The number of benzene rings is 1. The van der Waals surface area contributed by atoms with E-state index in [0.717, 1.165) is 17.7 Å². The molecule has 1 atom stereocenters. The first-order valence-electron chi connectivity index (χ1n) is 7.15. The van der Waals surface area contributed by atoms with E-state index in [9.17, 15) is 13.9 Å². The number of nitrogens with one attached hydrogen (secondary N) is 1. The summed E-state index contributed by atoms with van der Waals surface area (Å²) in [7, 11) is 0. The van der Waals surface area contributed by atoms with Crippen molar-refractivity contribution in [1.29, 1.82) is 0 Å². The molecule has 0 bridgehead atoms. The highest BCUT2D eigenvalue weighted by molar-refractivity contribution is 5.21. The van der Waals surface area contributed by atoms with Crippen LogP contribution in [0.5, 0.6) is 0 Å². The number of halogens is 2. The molecular weight excluding hydrogens is 288 g/mol. The van der Waals surface area contributed by atoms with Crippen LogP contribution in [0.2, 0.25) is 0 Å². The summed E-state index contributed by atoms with van der Waals surface area (Å²) in [6.45, 7) is 6.84. The first kappa shape index (κ1) is 16.6. The Labute approximate surface area is 128 Å². The zero-order valence-corrected chi connectivity index (χ0v) is 13.0. The molecule has 120 valence electrons. The summed E-state index contributed by atoms with van der Waals surface area (Å²) in [4.78, 5) is 0. The lowest BCUT2D eigenvalue weighted by Gasteiger charge is -2.18.